The van der Waals surface area contributed by atoms with Crippen LogP contribution in [0.4, 0.5) is 0 Å². The number of hydrogen-bond donors (Lipinski definition) is 2. The molecule has 2 N–H and O–H groups in total. The lowest BCUT2D eigenvalue weighted by Gasteiger charge is -2.53. The van der Waals surface area contributed by atoms with E-state index in [2.05, 4.69) is 43.3 Å². The van der Waals surface area contributed by atoms with E-state index in [9.17, 15) is 10.2 Å². The van der Waals surface area contributed by atoms with Crippen LogP contribution in [0.2, 0.25) is 0 Å². The van der Waals surface area contributed by atoms with Crippen molar-refractivity contribution < 1.29 is 10.2 Å². The van der Waals surface area contributed by atoms with Gasteiger partial charge in [-0.3, -0.25) is 0 Å². The van der Waals surface area contributed by atoms with Gasteiger partial charge in [-0.15, -0.1) is 0 Å². The molecule has 0 radical (unpaired) electrons. The number of aryl methyl sites for hydroxylation is 1. The Morgan fingerprint density at radius 3 is 2.63 bits per heavy atom. The van der Waals surface area contributed by atoms with E-state index in [0.29, 0.717) is 23.5 Å². The van der Waals surface area contributed by atoms with Crippen LogP contribution in [0.3, 0.4) is 0 Å². The van der Waals surface area contributed by atoms with Crippen LogP contribution < -0.4 is 0 Å². The number of phenols is 1. The van der Waals surface area contributed by atoms with E-state index in [4.69, 9.17) is 0 Å². The molecule has 0 spiro atoms. The summed E-state index contributed by atoms with van der Waals surface area (Å²) in [7, 11) is 0. The largest absolute Gasteiger partial charge is 0.508 e. The van der Waals surface area contributed by atoms with E-state index < -0.39 is 5.60 Å². The molecular formula is C25H30O2. The van der Waals surface area contributed by atoms with Crippen molar-refractivity contribution in [1.82, 2.24) is 0 Å². The molecule has 0 bridgehead atoms. The van der Waals surface area contributed by atoms with Crippen molar-refractivity contribution in [2.45, 2.75) is 63.4 Å². The van der Waals surface area contributed by atoms with Gasteiger partial charge in [0.05, 0.1) is 5.60 Å². The first-order valence-electron chi connectivity index (χ1n) is 10.6. The van der Waals surface area contributed by atoms with E-state index in [0.717, 1.165) is 38.5 Å². The van der Waals surface area contributed by atoms with Crippen molar-refractivity contribution in [3.8, 4) is 5.75 Å². The molecule has 3 aliphatic rings. The fraction of sp³-hybridized carbons (Fsp3) is 0.520. The average molecular weight is 363 g/mol. The Balaban J connectivity index is 1.45. The second kappa shape index (κ2) is 6.10. The molecule has 0 heterocycles. The van der Waals surface area contributed by atoms with Crippen molar-refractivity contribution in [1.29, 1.82) is 0 Å². The van der Waals surface area contributed by atoms with Gasteiger partial charge in [-0.2, -0.15) is 0 Å². The molecule has 2 aromatic carbocycles. The fourth-order valence-corrected chi connectivity index (χ4v) is 6.90. The molecule has 1 unspecified atom stereocenters. The average Bonchev–Trinajstić information content (AvgIpc) is 2.93. The van der Waals surface area contributed by atoms with E-state index >= 15 is 0 Å². The lowest BCUT2D eigenvalue weighted by molar-refractivity contribution is -0.102. The third kappa shape index (κ3) is 2.56. The van der Waals surface area contributed by atoms with Crippen molar-refractivity contribution in [2.75, 3.05) is 0 Å². The quantitative estimate of drug-likeness (QED) is 0.769. The Kier molecular flexibility index (Phi) is 3.91. The summed E-state index contributed by atoms with van der Waals surface area (Å²) in [6, 6.07) is 16.5. The lowest BCUT2D eigenvalue weighted by atomic mass is 9.53. The number of fused-ring (bicyclic) bond motifs is 5. The smallest absolute Gasteiger partial charge is 0.115 e. The van der Waals surface area contributed by atoms with Crippen LogP contribution in [0, 0.1) is 17.3 Å². The third-order valence-electron chi connectivity index (χ3n) is 8.37. The molecule has 0 amide bonds. The Morgan fingerprint density at radius 2 is 1.81 bits per heavy atom. The Hall–Kier alpha value is -1.80. The molecule has 142 valence electrons. The Labute approximate surface area is 162 Å². The number of benzene rings is 2. The molecule has 0 aromatic heterocycles. The van der Waals surface area contributed by atoms with E-state index in [1.54, 1.807) is 0 Å². The minimum Gasteiger partial charge on any atom is -0.508 e. The summed E-state index contributed by atoms with van der Waals surface area (Å²) >= 11 is 0. The molecular weight excluding hydrogens is 332 g/mol. The first-order chi connectivity index (χ1) is 13.0. The van der Waals surface area contributed by atoms with E-state index in [1.807, 2.05) is 12.1 Å². The van der Waals surface area contributed by atoms with Gasteiger partial charge in [0.15, 0.2) is 0 Å². The molecule has 5 atom stereocenters. The highest BCUT2D eigenvalue weighted by molar-refractivity contribution is 5.40. The third-order valence-corrected chi connectivity index (χ3v) is 8.37. The van der Waals surface area contributed by atoms with E-state index in [1.165, 1.54) is 23.1 Å². The molecule has 3 aliphatic carbocycles. The van der Waals surface area contributed by atoms with Crippen molar-refractivity contribution in [3.63, 3.8) is 0 Å². The van der Waals surface area contributed by atoms with Crippen LogP contribution >= 0.6 is 0 Å². The highest BCUT2D eigenvalue weighted by Crippen LogP contribution is 2.64. The molecule has 0 aliphatic heterocycles. The molecule has 2 heteroatoms. The Morgan fingerprint density at radius 1 is 1.00 bits per heavy atom. The summed E-state index contributed by atoms with van der Waals surface area (Å²) in [6.07, 6.45) is 7.37. The zero-order chi connectivity index (χ0) is 18.6. The van der Waals surface area contributed by atoms with Gasteiger partial charge in [-0.05, 0) is 90.5 Å². The van der Waals surface area contributed by atoms with Gasteiger partial charge in [-0.25, -0.2) is 0 Å². The zero-order valence-corrected chi connectivity index (χ0v) is 16.2. The van der Waals surface area contributed by atoms with Crippen molar-refractivity contribution in [2.24, 2.45) is 17.3 Å². The van der Waals surface area contributed by atoms with Crippen LogP contribution in [-0.4, -0.2) is 15.8 Å². The van der Waals surface area contributed by atoms with Gasteiger partial charge < -0.3 is 10.2 Å². The van der Waals surface area contributed by atoms with Crippen molar-refractivity contribution in [3.05, 3.63) is 65.2 Å². The van der Waals surface area contributed by atoms with Crippen LogP contribution in [0.5, 0.6) is 5.75 Å². The molecule has 0 saturated heterocycles. The predicted molar refractivity (Wildman–Crippen MR) is 108 cm³/mol. The maximum absolute atomic E-state index is 11.8. The minimum absolute atomic E-state index is 0.0123. The maximum Gasteiger partial charge on any atom is 0.115 e. The van der Waals surface area contributed by atoms with Gasteiger partial charge in [-0.1, -0.05) is 43.3 Å². The summed E-state index contributed by atoms with van der Waals surface area (Å²) in [5.41, 5.74) is 3.49. The number of rotatable bonds is 2. The maximum atomic E-state index is 11.8. The summed E-state index contributed by atoms with van der Waals surface area (Å²) in [5.74, 6) is 2.27. The first-order valence-corrected chi connectivity index (χ1v) is 10.6. The van der Waals surface area contributed by atoms with Crippen LogP contribution in [0.25, 0.3) is 0 Å². The second-order valence-corrected chi connectivity index (χ2v) is 9.49. The minimum atomic E-state index is -0.584. The fourth-order valence-electron chi connectivity index (χ4n) is 6.90. The highest BCUT2D eigenvalue weighted by Gasteiger charge is 2.61. The predicted octanol–water partition coefficient (Wildman–Crippen LogP) is 5.22. The molecule has 2 saturated carbocycles. The Bertz CT molecular complexity index is 845. The van der Waals surface area contributed by atoms with Gasteiger partial charge >= 0.3 is 0 Å². The van der Waals surface area contributed by atoms with Gasteiger partial charge in [0.25, 0.3) is 0 Å². The van der Waals surface area contributed by atoms with Crippen LogP contribution in [0.15, 0.2) is 48.5 Å². The van der Waals surface area contributed by atoms with Crippen LogP contribution in [0.1, 0.15) is 61.6 Å². The van der Waals surface area contributed by atoms with Gasteiger partial charge in [0, 0.05) is 6.42 Å². The molecule has 2 fully saturated rings. The monoisotopic (exact) mass is 362 g/mol. The van der Waals surface area contributed by atoms with Crippen LogP contribution in [-0.2, 0) is 12.8 Å². The summed E-state index contributed by atoms with van der Waals surface area (Å²) < 4.78 is 0. The highest BCUT2D eigenvalue weighted by atomic mass is 16.3. The number of aliphatic hydroxyl groups is 1. The first kappa shape index (κ1) is 17.3. The lowest BCUT2D eigenvalue weighted by Crippen LogP contribution is -2.51. The molecule has 27 heavy (non-hydrogen) atoms. The van der Waals surface area contributed by atoms with Crippen molar-refractivity contribution >= 4 is 0 Å². The number of phenolic OH excluding ortho intramolecular Hbond substituents is 1. The topological polar surface area (TPSA) is 40.5 Å². The summed E-state index contributed by atoms with van der Waals surface area (Å²) in [4.78, 5) is 0. The SMILES string of the molecule is C[C@]12CC[C@@H]3c4ccc(O)cc4CC[C@H]3[C@@H]1CCC2(O)Cc1ccccc1. The summed E-state index contributed by atoms with van der Waals surface area (Å²) in [6.45, 7) is 2.37. The number of aromatic hydroxyl groups is 1. The standard InChI is InChI=1S/C25H30O2/c1-24-13-11-21-20-10-8-19(26)15-18(20)7-9-22(21)23(24)12-14-25(24,27)16-17-5-3-2-4-6-17/h2-6,8,10,15,21-23,26-27H,7,9,11-14,16H2,1H3/t21-,22-,23+,24+,25?/m1/s1. The molecule has 5 rings (SSSR count). The zero-order valence-electron chi connectivity index (χ0n) is 16.2. The second-order valence-electron chi connectivity index (χ2n) is 9.49. The molecule has 2 nitrogen and oxygen atoms in total. The van der Waals surface area contributed by atoms with Gasteiger partial charge in [0.1, 0.15) is 5.75 Å². The number of hydrogen-bond acceptors (Lipinski definition) is 2. The summed E-state index contributed by atoms with van der Waals surface area (Å²) in [5, 5.41) is 21.6. The van der Waals surface area contributed by atoms with Gasteiger partial charge in [0.2, 0.25) is 0 Å². The molecule has 2 aromatic rings. The van der Waals surface area contributed by atoms with E-state index in [-0.39, 0.29) is 5.41 Å². The normalized spacial score (nSPS) is 37.3.